The fourth-order valence-corrected chi connectivity index (χ4v) is 1.78. The van der Waals surface area contributed by atoms with Crippen molar-refractivity contribution in [3.63, 3.8) is 0 Å². The van der Waals surface area contributed by atoms with Crippen molar-refractivity contribution in [3.05, 3.63) is 41.1 Å². The van der Waals surface area contributed by atoms with E-state index in [2.05, 4.69) is 4.74 Å². The standard InChI is InChI=1S/C16H21NO6/c1-4-22-15(18)10-17(20)12(2)16(19)23-14(11-21-3)13-8-6-5-7-9-13/h5-9,14H,4,10-11H2,1-3H3/b17-12-/t14-/m1/s1. The van der Waals surface area contributed by atoms with Crippen molar-refractivity contribution in [2.75, 3.05) is 26.9 Å². The predicted molar refractivity (Wildman–Crippen MR) is 83.0 cm³/mol. The van der Waals surface area contributed by atoms with Crippen LogP contribution in [0.2, 0.25) is 0 Å². The number of hydrogen-bond donors (Lipinski definition) is 0. The summed E-state index contributed by atoms with van der Waals surface area (Å²) in [6.45, 7) is 2.69. The molecule has 0 radical (unpaired) electrons. The molecule has 0 saturated carbocycles. The van der Waals surface area contributed by atoms with Crippen LogP contribution in [0.5, 0.6) is 0 Å². The molecule has 1 rings (SSSR count). The van der Waals surface area contributed by atoms with Gasteiger partial charge in [0.1, 0.15) is 0 Å². The third kappa shape index (κ3) is 6.07. The van der Waals surface area contributed by atoms with Gasteiger partial charge in [-0.2, -0.15) is 4.74 Å². The summed E-state index contributed by atoms with van der Waals surface area (Å²) in [4.78, 5) is 23.4. The summed E-state index contributed by atoms with van der Waals surface area (Å²) < 4.78 is 15.3. The molecule has 0 aromatic heterocycles. The first-order valence-corrected chi connectivity index (χ1v) is 7.18. The van der Waals surface area contributed by atoms with Crippen molar-refractivity contribution in [2.45, 2.75) is 20.0 Å². The lowest BCUT2D eigenvalue weighted by molar-refractivity contribution is -0.448. The molecule has 0 heterocycles. The van der Waals surface area contributed by atoms with Gasteiger partial charge in [0.2, 0.25) is 6.54 Å². The highest BCUT2D eigenvalue weighted by Gasteiger charge is 2.24. The van der Waals surface area contributed by atoms with Crippen LogP contribution in [0, 0.1) is 5.21 Å². The van der Waals surface area contributed by atoms with Gasteiger partial charge in [-0.3, -0.25) is 0 Å². The van der Waals surface area contributed by atoms with Crippen molar-refractivity contribution in [1.82, 2.24) is 0 Å². The van der Waals surface area contributed by atoms with E-state index in [-0.39, 0.29) is 23.7 Å². The van der Waals surface area contributed by atoms with Crippen LogP contribution in [0.3, 0.4) is 0 Å². The van der Waals surface area contributed by atoms with E-state index in [1.807, 2.05) is 18.2 Å². The zero-order chi connectivity index (χ0) is 17.2. The van der Waals surface area contributed by atoms with Gasteiger partial charge in [0.25, 0.3) is 5.71 Å². The number of benzene rings is 1. The van der Waals surface area contributed by atoms with Crippen LogP contribution in [0.1, 0.15) is 25.5 Å². The van der Waals surface area contributed by atoms with Gasteiger partial charge in [-0.25, -0.2) is 9.59 Å². The number of carbonyl (C=O) groups excluding carboxylic acids is 2. The summed E-state index contributed by atoms with van der Waals surface area (Å²) in [7, 11) is 1.49. The lowest BCUT2D eigenvalue weighted by atomic mass is 10.1. The minimum Gasteiger partial charge on any atom is -0.623 e. The van der Waals surface area contributed by atoms with E-state index >= 15 is 0 Å². The Bertz CT molecular complexity index is 555. The highest BCUT2D eigenvalue weighted by atomic mass is 16.6. The van der Waals surface area contributed by atoms with Gasteiger partial charge in [0.15, 0.2) is 6.10 Å². The Hall–Kier alpha value is -2.41. The van der Waals surface area contributed by atoms with E-state index in [0.717, 1.165) is 5.56 Å². The van der Waals surface area contributed by atoms with E-state index in [4.69, 9.17) is 9.47 Å². The van der Waals surface area contributed by atoms with Gasteiger partial charge in [-0.1, -0.05) is 30.3 Å². The van der Waals surface area contributed by atoms with Crippen molar-refractivity contribution >= 4 is 17.7 Å². The Morgan fingerprint density at radius 2 is 1.91 bits per heavy atom. The number of methoxy groups -OCH3 is 1. The monoisotopic (exact) mass is 323 g/mol. The van der Waals surface area contributed by atoms with E-state index < -0.39 is 24.6 Å². The second kappa shape index (κ2) is 9.58. The molecule has 1 aromatic carbocycles. The van der Waals surface area contributed by atoms with Gasteiger partial charge in [-0.05, 0) is 12.5 Å². The molecule has 126 valence electrons. The quantitative estimate of drug-likeness (QED) is 0.236. The number of nitrogens with zero attached hydrogens (tertiary/aromatic N) is 1. The maximum atomic E-state index is 12.1. The van der Waals surface area contributed by atoms with Gasteiger partial charge in [0, 0.05) is 14.0 Å². The molecule has 1 aromatic rings. The Labute approximate surface area is 135 Å². The summed E-state index contributed by atoms with van der Waals surface area (Å²) >= 11 is 0. The van der Waals surface area contributed by atoms with Crippen LogP contribution in [0.25, 0.3) is 0 Å². The Morgan fingerprint density at radius 1 is 1.26 bits per heavy atom. The molecular weight excluding hydrogens is 302 g/mol. The minimum atomic E-state index is -0.810. The van der Waals surface area contributed by atoms with E-state index in [9.17, 15) is 14.8 Å². The fraction of sp³-hybridized carbons (Fsp3) is 0.438. The number of rotatable bonds is 8. The molecule has 0 unspecified atom stereocenters. The molecule has 0 aliphatic rings. The van der Waals surface area contributed by atoms with Gasteiger partial charge < -0.3 is 19.4 Å². The summed E-state index contributed by atoms with van der Waals surface area (Å²) in [5.41, 5.74) is 0.522. The molecular formula is C16H21NO6. The molecule has 0 spiro atoms. The minimum absolute atomic E-state index is 0.153. The maximum absolute atomic E-state index is 12.1. The molecule has 23 heavy (non-hydrogen) atoms. The summed E-state index contributed by atoms with van der Waals surface area (Å²) in [5, 5.41) is 11.8. The second-order valence-electron chi connectivity index (χ2n) is 4.69. The summed E-state index contributed by atoms with van der Waals surface area (Å²) in [6.07, 6.45) is -0.639. The van der Waals surface area contributed by atoms with Crippen LogP contribution < -0.4 is 0 Å². The highest BCUT2D eigenvalue weighted by molar-refractivity contribution is 6.33. The first-order chi connectivity index (χ1) is 11.0. The normalized spacial score (nSPS) is 13.0. The van der Waals surface area contributed by atoms with E-state index in [1.54, 1.807) is 19.1 Å². The Morgan fingerprint density at radius 3 is 2.48 bits per heavy atom. The molecule has 0 N–H and O–H groups in total. The second-order valence-corrected chi connectivity index (χ2v) is 4.69. The number of hydroxylamine groups is 1. The fourth-order valence-electron chi connectivity index (χ4n) is 1.78. The third-order valence-electron chi connectivity index (χ3n) is 2.99. The molecule has 0 aliphatic carbocycles. The third-order valence-corrected chi connectivity index (χ3v) is 2.99. The van der Waals surface area contributed by atoms with Crippen LogP contribution in [-0.2, 0) is 23.8 Å². The first kappa shape index (κ1) is 18.6. The lowest BCUT2D eigenvalue weighted by Crippen LogP contribution is -2.30. The van der Waals surface area contributed by atoms with Crippen molar-refractivity contribution in [2.24, 2.45) is 0 Å². The molecule has 0 amide bonds. The summed E-state index contributed by atoms with van der Waals surface area (Å²) in [6, 6.07) is 9.04. The van der Waals surface area contributed by atoms with Gasteiger partial charge in [0.05, 0.1) is 13.2 Å². The topological polar surface area (TPSA) is 87.9 Å². The smallest absolute Gasteiger partial charge is 0.400 e. The Kier molecular flexibility index (Phi) is 7.76. The van der Waals surface area contributed by atoms with Crippen molar-refractivity contribution in [3.8, 4) is 0 Å². The molecule has 1 atom stereocenters. The van der Waals surface area contributed by atoms with E-state index in [1.165, 1.54) is 14.0 Å². The average molecular weight is 323 g/mol. The number of carbonyl (C=O) groups is 2. The molecule has 0 aliphatic heterocycles. The molecule has 7 nitrogen and oxygen atoms in total. The Balaban J connectivity index is 2.79. The zero-order valence-electron chi connectivity index (χ0n) is 13.5. The average Bonchev–Trinajstić information content (AvgIpc) is 2.54. The SMILES string of the molecule is CCOC(=O)C/[N+]([O-])=C(\C)C(=O)O[C@H](COC)c1ccccc1. The molecule has 0 fully saturated rings. The molecule has 0 bridgehead atoms. The van der Waals surface area contributed by atoms with Crippen LogP contribution in [-0.4, -0.2) is 49.3 Å². The largest absolute Gasteiger partial charge is 0.623 e. The van der Waals surface area contributed by atoms with Crippen LogP contribution >= 0.6 is 0 Å². The van der Waals surface area contributed by atoms with Crippen molar-refractivity contribution < 1.29 is 28.5 Å². The maximum Gasteiger partial charge on any atom is 0.400 e. The van der Waals surface area contributed by atoms with Gasteiger partial charge >= 0.3 is 11.9 Å². The van der Waals surface area contributed by atoms with Crippen LogP contribution in [0.15, 0.2) is 30.3 Å². The zero-order valence-corrected chi connectivity index (χ0v) is 13.5. The first-order valence-electron chi connectivity index (χ1n) is 7.18. The van der Waals surface area contributed by atoms with Crippen LogP contribution in [0.4, 0.5) is 0 Å². The van der Waals surface area contributed by atoms with Gasteiger partial charge in [-0.15, -0.1) is 0 Å². The van der Waals surface area contributed by atoms with Crippen molar-refractivity contribution in [1.29, 1.82) is 0 Å². The molecule has 0 saturated heterocycles. The number of esters is 2. The number of ether oxygens (including phenoxy) is 3. The lowest BCUT2D eigenvalue weighted by Gasteiger charge is -2.17. The summed E-state index contributed by atoms with van der Waals surface area (Å²) in [5.74, 6) is -1.51. The number of hydrogen-bond acceptors (Lipinski definition) is 6. The predicted octanol–water partition coefficient (Wildman–Crippen LogP) is 1.45. The molecule has 7 heteroatoms. The van der Waals surface area contributed by atoms with E-state index in [0.29, 0.717) is 0 Å². The highest BCUT2D eigenvalue weighted by Crippen LogP contribution is 2.17.